The highest BCUT2D eigenvalue weighted by atomic mass is 32.2. The molecule has 0 aliphatic rings. The number of sulfonamides is 1. The highest BCUT2D eigenvalue weighted by Crippen LogP contribution is 2.35. The Labute approximate surface area is 204 Å². The first kappa shape index (κ1) is 22.8. The molecule has 0 spiro atoms. The minimum Gasteiger partial charge on any atom is -0.369 e. The molecular weight excluding hydrogens is 458 g/mol. The maximum absolute atomic E-state index is 11.5. The van der Waals surface area contributed by atoms with Gasteiger partial charge in [0.15, 0.2) is 5.65 Å². The molecule has 0 aliphatic carbocycles. The predicted molar refractivity (Wildman–Crippen MR) is 139 cm³/mol. The van der Waals surface area contributed by atoms with E-state index in [0.29, 0.717) is 13.0 Å². The Balaban J connectivity index is 1.50. The van der Waals surface area contributed by atoms with Crippen molar-refractivity contribution in [2.75, 3.05) is 11.9 Å². The molecular formula is C27H25N5O2S. The Hall–Kier alpha value is -4.01. The second-order valence-electron chi connectivity index (χ2n) is 8.40. The molecule has 8 heteroatoms. The highest BCUT2D eigenvalue weighted by Gasteiger charge is 2.17. The van der Waals surface area contributed by atoms with Gasteiger partial charge in [-0.3, -0.25) is 0 Å². The molecule has 2 heterocycles. The number of benzene rings is 3. The summed E-state index contributed by atoms with van der Waals surface area (Å²) in [6, 6.07) is 25.1. The second-order valence-corrected chi connectivity index (χ2v) is 9.97. The molecule has 0 aliphatic heterocycles. The third kappa shape index (κ3) is 4.80. The molecule has 0 saturated heterocycles. The lowest BCUT2D eigenvalue weighted by Crippen LogP contribution is -2.12. The molecule has 5 rings (SSSR count). The van der Waals surface area contributed by atoms with E-state index in [1.807, 2.05) is 24.3 Å². The zero-order chi connectivity index (χ0) is 24.4. The Morgan fingerprint density at radius 2 is 1.71 bits per heavy atom. The van der Waals surface area contributed by atoms with Crippen LogP contribution >= 0.6 is 0 Å². The van der Waals surface area contributed by atoms with Crippen molar-refractivity contribution in [3.05, 3.63) is 103 Å². The third-order valence-electron chi connectivity index (χ3n) is 5.91. The summed E-state index contributed by atoms with van der Waals surface area (Å²) in [4.78, 5) is 9.31. The van der Waals surface area contributed by atoms with E-state index in [4.69, 9.17) is 5.14 Å². The maximum Gasteiger partial charge on any atom is 0.238 e. The molecule has 0 unspecified atom stereocenters. The molecule has 5 aromatic rings. The Morgan fingerprint density at radius 3 is 2.43 bits per heavy atom. The molecule has 0 amide bonds. The number of nitrogens with one attached hydrogen (secondary N) is 1. The summed E-state index contributed by atoms with van der Waals surface area (Å²) in [5, 5.41) is 9.60. The molecule has 0 fully saturated rings. The van der Waals surface area contributed by atoms with Gasteiger partial charge in [-0.15, -0.1) is 0 Å². The maximum atomic E-state index is 11.5. The number of hydrogen-bond donors (Lipinski definition) is 2. The summed E-state index contributed by atoms with van der Waals surface area (Å²) in [7, 11) is -3.70. The van der Waals surface area contributed by atoms with Crippen LogP contribution in [-0.2, 0) is 16.4 Å². The highest BCUT2D eigenvalue weighted by molar-refractivity contribution is 7.89. The number of aryl methyl sites for hydroxylation is 1. The Kier molecular flexibility index (Phi) is 6.07. The van der Waals surface area contributed by atoms with Gasteiger partial charge in [0.2, 0.25) is 10.0 Å². The quantitative estimate of drug-likeness (QED) is 0.349. The lowest BCUT2D eigenvalue weighted by Gasteiger charge is -2.09. The van der Waals surface area contributed by atoms with Crippen LogP contribution in [0.4, 0.5) is 5.82 Å². The van der Waals surface area contributed by atoms with Crippen molar-refractivity contribution in [2.24, 2.45) is 5.14 Å². The largest absolute Gasteiger partial charge is 0.369 e. The Morgan fingerprint density at radius 1 is 0.943 bits per heavy atom. The SMILES string of the molecule is Cc1cccc(-n2cc(-c3ccccc3)c3c(NCCc4ccc(S(N)(=O)=O)cc4)ncnc32)c1. The van der Waals surface area contributed by atoms with Crippen LogP contribution in [0.1, 0.15) is 11.1 Å². The van der Waals surface area contributed by atoms with E-state index in [1.54, 1.807) is 18.5 Å². The summed E-state index contributed by atoms with van der Waals surface area (Å²) in [6.07, 6.45) is 4.38. The van der Waals surface area contributed by atoms with Crippen LogP contribution in [-0.4, -0.2) is 29.5 Å². The molecule has 0 atom stereocenters. The molecule has 176 valence electrons. The fourth-order valence-electron chi connectivity index (χ4n) is 4.18. The molecule has 3 N–H and O–H groups in total. The van der Waals surface area contributed by atoms with Crippen molar-refractivity contribution in [1.29, 1.82) is 0 Å². The van der Waals surface area contributed by atoms with Gasteiger partial charge in [0.05, 0.1) is 10.3 Å². The first-order valence-electron chi connectivity index (χ1n) is 11.2. The first-order valence-corrected chi connectivity index (χ1v) is 12.8. The van der Waals surface area contributed by atoms with Gasteiger partial charge >= 0.3 is 0 Å². The van der Waals surface area contributed by atoms with Crippen LogP contribution < -0.4 is 10.5 Å². The van der Waals surface area contributed by atoms with Gasteiger partial charge in [-0.2, -0.15) is 0 Å². The van der Waals surface area contributed by atoms with Crippen molar-refractivity contribution in [3.63, 3.8) is 0 Å². The summed E-state index contributed by atoms with van der Waals surface area (Å²) in [6.45, 7) is 2.69. The second kappa shape index (κ2) is 9.32. The van der Waals surface area contributed by atoms with Crippen LogP contribution in [0, 0.1) is 6.92 Å². The molecule has 35 heavy (non-hydrogen) atoms. The van der Waals surface area contributed by atoms with Crippen LogP contribution in [0.3, 0.4) is 0 Å². The molecule has 3 aromatic carbocycles. The fourth-order valence-corrected chi connectivity index (χ4v) is 4.69. The number of nitrogens with two attached hydrogens (primary N) is 1. The van der Waals surface area contributed by atoms with Crippen molar-refractivity contribution < 1.29 is 8.42 Å². The first-order chi connectivity index (χ1) is 16.9. The molecule has 0 radical (unpaired) electrons. The monoisotopic (exact) mass is 483 g/mol. The van der Waals surface area contributed by atoms with E-state index in [2.05, 4.69) is 63.3 Å². The molecule has 7 nitrogen and oxygen atoms in total. The van der Waals surface area contributed by atoms with Crippen LogP contribution in [0.25, 0.3) is 27.8 Å². The average Bonchev–Trinajstić information content (AvgIpc) is 3.25. The van der Waals surface area contributed by atoms with Crippen molar-refractivity contribution in [2.45, 2.75) is 18.2 Å². The van der Waals surface area contributed by atoms with Gasteiger partial charge in [0, 0.05) is 24.0 Å². The lowest BCUT2D eigenvalue weighted by atomic mass is 10.1. The van der Waals surface area contributed by atoms with E-state index in [-0.39, 0.29) is 4.90 Å². The third-order valence-corrected chi connectivity index (χ3v) is 6.83. The number of aromatic nitrogens is 3. The van der Waals surface area contributed by atoms with Crippen LogP contribution in [0.2, 0.25) is 0 Å². The van der Waals surface area contributed by atoms with Crippen molar-refractivity contribution in [3.8, 4) is 16.8 Å². The van der Waals surface area contributed by atoms with Crippen LogP contribution in [0.15, 0.2) is 96.3 Å². The average molecular weight is 484 g/mol. The zero-order valence-corrected chi connectivity index (χ0v) is 20.0. The van der Waals surface area contributed by atoms with Gasteiger partial charge in [-0.25, -0.2) is 23.5 Å². The normalized spacial score (nSPS) is 11.6. The molecule has 0 saturated carbocycles. The number of primary sulfonamides is 1. The summed E-state index contributed by atoms with van der Waals surface area (Å²) in [5.41, 5.74) is 6.16. The number of rotatable bonds is 7. The van der Waals surface area contributed by atoms with E-state index < -0.39 is 10.0 Å². The van der Waals surface area contributed by atoms with Crippen molar-refractivity contribution >= 4 is 26.9 Å². The van der Waals surface area contributed by atoms with Gasteiger partial charge in [-0.05, 0) is 54.3 Å². The minimum atomic E-state index is -3.70. The van der Waals surface area contributed by atoms with Gasteiger partial charge in [0.25, 0.3) is 0 Å². The van der Waals surface area contributed by atoms with E-state index in [0.717, 1.165) is 39.2 Å². The van der Waals surface area contributed by atoms with Gasteiger partial charge in [0.1, 0.15) is 12.1 Å². The summed E-state index contributed by atoms with van der Waals surface area (Å²) in [5.74, 6) is 0.751. The number of nitrogens with zero attached hydrogens (tertiary/aromatic N) is 3. The number of fused-ring (bicyclic) bond motifs is 1. The van der Waals surface area contributed by atoms with Crippen molar-refractivity contribution in [1.82, 2.24) is 14.5 Å². The van der Waals surface area contributed by atoms with Crippen LogP contribution in [0.5, 0.6) is 0 Å². The molecule has 0 bridgehead atoms. The summed E-state index contributed by atoms with van der Waals surface area (Å²) >= 11 is 0. The zero-order valence-electron chi connectivity index (χ0n) is 19.2. The van der Waals surface area contributed by atoms with E-state index >= 15 is 0 Å². The Bertz CT molecular complexity index is 1590. The smallest absolute Gasteiger partial charge is 0.238 e. The fraction of sp³-hybridized carbons (Fsp3) is 0.111. The lowest BCUT2D eigenvalue weighted by molar-refractivity contribution is 0.598. The predicted octanol–water partition coefficient (Wildman–Crippen LogP) is 4.70. The number of hydrogen-bond acceptors (Lipinski definition) is 5. The number of anilines is 1. The standard InChI is InChI=1S/C27H25N5O2S/c1-19-6-5-9-22(16-19)32-17-24(21-7-3-2-4-8-21)25-26(30-18-31-27(25)32)29-15-14-20-10-12-23(13-11-20)35(28,33)34/h2-13,16-18H,14-15H2,1H3,(H2,28,33,34)(H,29,30,31). The molecule has 2 aromatic heterocycles. The minimum absolute atomic E-state index is 0.108. The van der Waals surface area contributed by atoms with E-state index in [1.165, 1.54) is 17.7 Å². The van der Waals surface area contributed by atoms with Gasteiger partial charge in [-0.1, -0.05) is 54.6 Å². The van der Waals surface area contributed by atoms with Gasteiger partial charge < -0.3 is 9.88 Å². The van der Waals surface area contributed by atoms with E-state index in [9.17, 15) is 8.42 Å². The summed E-state index contributed by atoms with van der Waals surface area (Å²) < 4.78 is 25.1. The topological polar surface area (TPSA) is 103 Å².